The molecule has 0 aromatic carbocycles. The summed E-state index contributed by atoms with van der Waals surface area (Å²) in [6.45, 7) is 0.243. The van der Waals surface area contributed by atoms with Crippen molar-refractivity contribution in [2.75, 3.05) is 27.7 Å². The van der Waals surface area contributed by atoms with E-state index < -0.39 is 36.9 Å². The van der Waals surface area contributed by atoms with E-state index in [1.54, 1.807) is 21.1 Å². The smallest absolute Gasteiger partial charge is 0.550 e. The minimum atomic E-state index is -1.56. The average molecular weight is 253 g/mol. The molecule has 0 bridgehead atoms. The summed E-state index contributed by atoms with van der Waals surface area (Å²) in [6.07, 6.45) is -2.26. The molecule has 0 rings (SSSR count). The van der Waals surface area contributed by atoms with Crippen molar-refractivity contribution in [3.05, 3.63) is 0 Å². The molecule has 8 heteroatoms. The van der Waals surface area contributed by atoms with Crippen LogP contribution in [0.4, 0.5) is 0 Å². The molecule has 0 aliphatic rings. The van der Waals surface area contributed by atoms with E-state index in [2.05, 4.69) is 0 Å². The second-order valence-corrected chi connectivity index (χ2v) is 4.71. The molecule has 0 aliphatic heterocycles. The molecule has 0 radical (unpaired) electrons. The second-order valence-electron chi connectivity index (χ2n) is 4.71. The van der Waals surface area contributed by atoms with E-state index >= 15 is 0 Å². The van der Waals surface area contributed by atoms with Gasteiger partial charge in [0.05, 0.1) is 33.5 Å². The average Bonchev–Trinajstić information content (AvgIpc) is 1.95. The van der Waals surface area contributed by atoms with Gasteiger partial charge in [-0.2, -0.15) is 0 Å². The zero-order valence-electron chi connectivity index (χ0n) is 11.1. The van der Waals surface area contributed by atoms with Gasteiger partial charge < -0.3 is 29.0 Å². The van der Waals surface area contributed by atoms with E-state index in [-0.39, 0.29) is 25.4 Å². The maximum atomic E-state index is 11.1. The molecule has 0 heterocycles. The number of hydrogen-bond acceptors (Lipinski definition) is 6. The van der Waals surface area contributed by atoms with Crippen LogP contribution in [0.2, 0.25) is 0 Å². The van der Waals surface area contributed by atoms with Gasteiger partial charge in [-0.15, -0.1) is 0 Å². The summed E-state index contributed by atoms with van der Waals surface area (Å²) in [6, 6.07) is 0. The molecular formula is C10H16LiNO6. The Morgan fingerprint density at radius 3 is 1.94 bits per heavy atom. The summed E-state index contributed by atoms with van der Waals surface area (Å²) in [5.74, 6) is -3.93. The van der Waals surface area contributed by atoms with Crippen LogP contribution in [0.25, 0.3) is 0 Å². The number of carboxylic acids is 2. The van der Waals surface area contributed by atoms with Gasteiger partial charge in [0, 0.05) is 12.4 Å². The SMILES string of the molecule is C[N+](C)(C)C[C@@H](CC(=O)[O-])OC(=O)CC(=O)[O-].[Li+]. The zero-order valence-corrected chi connectivity index (χ0v) is 11.1. The van der Waals surface area contributed by atoms with Crippen LogP contribution in [0.5, 0.6) is 0 Å². The molecular weight excluding hydrogens is 237 g/mol. The van der Waals surface area contributed by atoms with Crippen molar-refractivity contribution < 1.29 is 52.7 Å². The molecule has 1 atom stereocenters. The minimum absolute atomic E-state index is 0. The van der Waals surface area contributed by atoms with Crippen LogP contribution < -0.4 is 29.1 Å². The third kappa shape index (κ3) is 11.5. The van der Waals surface area contributed by atoms with Crippen LogP contribution in [0, 0.1) is 0 Å². The number of rotatable bonds is 7. The van der Waals surface area contributed by atoms with Crippen LogP contribution in [-0.4, -0.2) is 56.2 Å². The number of aliphatic carboxylic acids is 2. The van der Waals surface area contributed by atoms with Gasteiger partial charge in [0.25, 0.3) is 0 Å². The minimum Gasteiger partial charge on any atom is -0.550 e. The number of ether oxygens (including phenoxy) is 1. The molecule has 0 spiro atoms. The van der Waals surface area contributed by atoms with Crippen molar-refractivity contribution in [3.63, 3.8) is 0 Å². The number of carboxylic acid groups (broad SMARTS) is 2. The summed E-state index contributed by atoms with van der Waals surface area (Å²) < 4.78 is 5.12. The molecule has 7 nitrogen and oxygen atoms in total. The van der Waals surface area contributed by atoms with Gasteiger partial charge in [0.2, 0.25) is 0 Å². The maximum Gasteiger partial charge on any atom is 1.00 e. The van der Waals surface area contributed by atoms with E-state index in [0.717, 1.165) is 0 Å². The molecule has 0 aromatic heterocycles. The Kier molecular flexibility index (Phi) is 8.73. The Hall–Kier alpha value is -1.03. The summed E-state index contributed by atoms with van der Waals surface area (Å²) in [7, 11) is 5.36. The number of carbonyl (C=O) groups excluding carboxylic acids is 3. The largest absolute Gasteiger partial charge is 1.00 e. The van der Waals surface area contributed by atoms with E-state index in [4.69, 9.17) is 4.74 Å². The van der Waals surface area contributed by atoms with E-state index in [0.29, 0.717) is 4.48 Å². The van der Waals surface area contributed by atoms with Crippen molar-refractivity contribution in [2.45, 2.75) is 18.9 Å². The molecule has 0 aromatic rings. The molecule has 0 unspecified atom stereocenters. The molecule has 0 saturated heterocycles. The first-order valence-corrected chi connectivity index (χ1v) is 5.00. The number of carbonyl (C=O) groups is 3. The molecule has 18 heavy (non-hydrogen) atoms. The van der Waals surface area contributed by atoms with E-state index in [1.807, 2.05) is 0 Å². The van der Waals surface area contributed by atoms with Gasteiger partial charge in [-0.1, -0.05) is 0 Å². The maximum absolute atomic E-state index is 11.1. The molecule has 0 aliphatic carbocycles. The van der Waals surface area contributed by atoms with Gasteiger partial charge >= 0.3 is 24.8 Å². The monoisotopic (exact) mass is 253 g/mol. The first-order valence-electron chi connectivity index (χ1n) is 5.00. The standard InChI is InChI=1S/C10H17NO6.Li/c1-11(2,3)6-7(4-8(12)13)17-10(16)5-9(14)15;/h7H,4-6H2,1-3H3,(H-,12,13,14,15);/q;+1/p-1/t7-;/m1./s1. The molecule has 98 valence electrons. The fourth-order valence-corrected chi connectivity index (χ4v) is 1.29. The summed E-state index contributed by atoms with van der Waals surface area (Å²) in [4.78, 5) is 31.7. The fourth-order valence-electron chi connectivity index (χ4n) is 1.29. The summed E-state index contributed by atoms with van der Waals surface area (Å²) in [5.41, 5.74) is 0. The molecule has 0 fully saturated rings. The Morgan fingerprint density at radius 1 is 1.11 bits per heavy atom. The molecule has 0 N–H and O–H groups in total. The van der Waals surface area contributed by atoms with Crippen LogP contribution in [0.1, 0.15) is 12.8 Å². The Morgan fingerprint density at radius 2 is 1.61 bits per heavy atom. The molecule has 0 saturated carbocycles. The van der Waals surface area contributed by atoms with Crippen molar-refractivity contribution in [1.29, 1.82) is 0 Å². The van der Waals surface area contributed by atoms with E-state index in [1.165, 1.54) is 0 Å². The topological polar surface area (TPSA) is 107 Å². The van der Waals surface area contributed by atoms with Crippen LogP contribution in [0.3, 0.4) is 0 Å². The van der Waals surface area contributed by atoms with Crippen LogP contribution in [-0.2, 0) is 19.1 Å². The number of nitrogens with zero attached hydrogens (tertiary/aromatic N) is 1. The van der Waals surface area contributed by atoms with Crippen molar-refractivity contribution in [1.82, 2.24) is 0 Å². The second kappa shape index (κ2) is 8.14. The zero-order chi connectivity index (χ0) is 13.6. The number of quaternary nitrogens is 1. The van der Waals surface area contributed by atoms with Crippen molar-refractivity contribution in [2.24, 2.45) is 0 Å². The third-order valence-corrected chi connectivity index (χ3v) is 1.73. The summed E-state index contributed by atoms with van der Waals surface area (Å²) in [5, 5.41) is 20.6. The Bertz CT molecular complexity index is 312. The van der Waals surface area contributed by atoms with Crippen LogP contribution in [0.15, 0.2) is 0 Å². The summed E-state index contributed by atoms with van der Waals surface area (Å²) >= 11 is 0. The normalized spacial score (nSPS) is 12.2. The van der Waals surface area contributed by atoms with Gasteiger partial charge in [0.1, 0.15) is 6.54 Å². The van der Waals surface area contributed by atoms with Gasteiger partial charge in [-0.05, 0) is 0 Å². The number of esters is 1. The predicted octanol–water partition coefficient (Wildman–Crippen LogP) is -6.11. The van der Waals surface area contributed by atoms with Crippen molar-refractivity contribution >= 4 is 17.9 Å². The fraction of sp³-hybridized carbons (Fsp3) is 0.700. The van der Waals surface area contributed by atoms with Gasteiger partial charge in [-0.3, -0.25) is 4.79 Å². The molecule has 0 amide bonds. The first-order chi connectivity index (χ1) is 7.60. The van der Waals surface area contributed by atoms with Gasteiger partial charge in [0.15, 0.2) is 6.10 Å². The number of likely N-dealkylation sites (N-methyl/N-ethyl adjacent to an activating group) is 1. The Labute approximate surface area is 117 Å². The van der Waals surface area contributed by atoms with Gasteiger partial charge in [-0.25, -0.2) is 0 Å². The van der Waals surface area contributed by atoms with Crippen LogP contribution >= 0.6 is 0 Å². The van der Waals surface area contributed by atoms with Crippen molar-refractivity contribution in [3.8, 4) is 0 Å². The first kappa shape index (κ1) is 19.3. The van der Waals surface area contributed by atoms with E-state index in [9.17, 15) is 24.6 Å². The Balaban J connectivity index is 0. The quantitative estimate of drug-likeness (QED) is 0.193. The third-order valence-electron chi connectivity index (χ3n) is 1.73. The predicted molar refractivity (Wildman–Crippen MR) is 52.0 cm³/mol. The number of hydrogen-bond donors (Lipinski definition) is 0.